The molecule has 79 heavy (non-hydrogen) atoms. The van der Waals surface area contributed by atoms with E-state index >= 15 is 0 Å². The highest BCUT2D eigenvalue weighted by atomic mass is 31.2. The van der Waals surface area contributed by atoms with Crippen molar-refractivity contribution >= 4 is 19.7 Å². The monoisotopic (exact) mass is 1130 g/mol. The number of hydrogen-bond acceptors (Lipinski definition) is 7. The van der Waals surface area contributed by atoms with Crippen LogP contribution in [0.5, 0.6) is 0 Å². The fourth-order valence-electron chi connectivity index (χ4n) is 9.51. The van der Waals surface area contributed by atoms with Crippen LogP contribution in [0.4, 0.5) is 0 Å². The number of hydrogen-bond donors (Lipinski definition) is 1. The van der Waals surface area contributed by atoms with Gasteiger partial charge in [0, 0.05) is 12.8 Å². The first kappa shape index (κ1) is 76.5. The molecule has 0 bridgehead atoms. The van der Waals surface area contributed by atoms with Crippen molar-refractivity contribution in [2.75, 3.05) is 40.9 Å². The number of carbonyl (C=O) groups is 2. The lowest BCUT2D eigenvalue weighted by atomic mass is 10.0. The average molecular weight is 1130 g/mol. The lowest BCUT2D eigenvalue weighted by Crippen LogP contribution is -2.47. The van der Waals surface area contributed by atoms with Crippen molar-refractivity contribution in [2.24, 2.45) is 0 Å². The first-order chi connectivity index (χ1) is 38.4. The van der Waals surface area contributed by atoms with Crippen molar-refractivity contribution < 1.29 is 37.3 Å². The molecular weight excluding hydrogens is 1000 g/mol. The molecule has 0 aromatic heterocycles. The van der Waals surface area contributed by atoms with Crippen LogP contribution >= 0.6 is 7.82 Å². The Hall–Kier alpha value is -2.55. The molecule has 460 valence electrons. The minimum absolute atomic E-state index is 0.0264. The Balaban J connectivity index is 5.09. The number of esters is 1. The lowest BCUT2D eigenvalue weighted by Gasteiger charge is -2.30. The predicted octanol–water partition coefficient (Wildman–Crippen LogP) is 20.2. The van der Waals surface area contributed by atoms with Crippen LogP contribution in [-0.4, -0.2) is 69.4 Å². The summed E-state index contributed by atoms with van der Waals surface area (Å²) >= 11 is 0. The zero-order valence-electron chi connectivity index (χ0n) is 52.6. The standard InChI is InChI=1S/C69H127N2O7P/c1-7-10-13-16-19-22-25-28-30-32-33-34-35-36-37-38-39-40-42-44-47-50-53-56-59-62-69(73)78-67(60-57-54-51-48-45-27-24-21-18-15-12-9-3)66(65-77-79(74,75)76-64-63-71(4,5)6)70-68(72)61-58-55-52-49-46-43-41-31-29-26-23-20-17-14-11-8-2/h11,14,19-20,22-23,28-31,57,60,66-67H,7-10,12-13,15-18,21,24-27,32-56,58-59,61-65H2,1-6H3,(H-,70,72,74,75)/b14-11+,22-19-,23-20+,30-28-,31-29+,60-57-. The quantitative estimate of drug-likeness (QED) is 0.0212. The number of ether oxygens (including phenoxy) is 1. The number of phosphoric acid groups is 1. The van der Waals surface area contributed by atoms with Gasteiger partial charge in [0.1, 0.15) is 19.3 Å². The summed E-state index contributed by atoms with van der Waals surface area (Å²) in [5, 5.41) is 3.03. The number of amides is 1. The number of allylic oxidation sites excluding steroid dienone is 11. The van der Waals surface area contributed by atoms with Crippen LogP contribution in [0, 0.1) is 0 Å². The first-order valence-corrected chi connectivity index (χ1v) is 34.7. The van der Waals surface area contributed by atoms with E-state index in [0.717, 1.165) is 109 Å². The zero-order chi connectivity index (χ0) is 57.9. The van der Waals surface area contributed by atoms with Gasteiger partial charge in [-0.3, -0.25) is 14.2 Å². The maximum absolute atomic E-state index is 13.5. The molecule has 0 spiro atoms. The number of likely N-dealkylation sites (N-methyl/N-ethyl adjacent to an activating group) is 1. The molecule has 3 unspecified atom stereocenters. The van der Waals surface area contributed by atoms with Gasteiger partial charge in [-0.2, -0.15) is 0 Å². The molecule has 1 N–H and O–H groups in total. The summed E-state index contributed by atoms with van der Waals surface area (Å²) in [6.07, 6.45) is 75.9. The normalized spacial score (nSPS) is 14.1. The van der Waals surface area contributed by atoms with Crippen LogP contribution in [0.2, 0.25) is 0 Å². The molecule has 0 fully saturated rings. The lowest BCUT2D eigenvalue weighted by molar-refractivity contribution is -0.870. The van der Waals surface area contributed by atoms with Gasteiger partial charge in [-0.25, -0.2) is 0 Å². The fraction of sp³-hybridized carbons (Fsp3) is 0.797. The summed E-state index contributed by atoms with van der Waals surface area (Å²) < 4.78 is 30.4. The number of nitrogens with zero attached hydrogens (tertiary/aromatic N) is 1. The summed E-state index contributed by atoms with van der Waals surface area (Å²) in [6, 6.07) is -0.897. The molecule has 0 aromatic rings. The molecule has 1 amide bonds. The molecular formula is C69H127N2O7P. The van der Waals surface area contributed by atoms with Crippen molar-refractivity contribution in [1.82, 2.24) is 5.32 Å². The van der Waals surface area contributed by atoms with E-state index in [0.29, 0.717) is 17.4 Å². The number of phosphoric ester groups is 1. The molecule has 0 rings (SSSR count). The molecule has 0 aliphatic heterocycles. The molecule has 0 radical (unpaired) electrons. The Kier molecular flexibility index (Phi) is 56.7. The van der Waals surface area contributed by atoms with Gasteiger partial charge in [0.2, 0.25) is 5.91 Å². The Bertz CT molecular complexity index is 1580. The molecule has 0 aliphatic rings. The van der Waals surface area contributed by atoms with E-state index in [2.05, 4.69) is 86.8 Å². The second kappa shape index (κ2) is 58.6. The maximum atomic E-state index is 13.5. The highest BCUT2D eigenvalue weighted by Crippen LogP contribution is 2.38. The van der Waals surface area contributed by atoms with E-state index in [1.54, 1.807) is 0 Å². The molecule has 0 saturated carbocycles. The molecule has 9 nitrogen and oxygen atoms in total. The minimum Gasteiger partial charge on any atom is -0.756 e. The summed E-state index contributed by atoms with van der Waals surface area (Å²) in [4.78, 5) is 40.1. The summed E-state index contributed by atoms with van der Waals surface area (Å²) in [5.41, 5.74) is 0. The van der Waals surface area contributed by atoms with Crippen molar-refractivity contribution in [3.8, 4) is 0 Å². The number of quaternary nitrogens is 1. The van der Waals surface area contributed by atoms with Crippen molar-refractivity contribution in [1.29, 1.82) is 0 Å². The molecule has 0 aliphatic carbocycles. The van der Waals surface area contributed by atoms with E-state index in [-0.39, 0.29) is 24.9 Å². The maximum Gasteiger partial charge on any atom is 0.306 e. The van der Waals surface area contributed by atoms with Gasteiger partial charge in [-0.1, -0.05) is 267 Å². The van der Waals surface area contributed by atoms with E-state index < -0.39 is 26.6 Å². The zero-order valence-corrected chi connectivity index (χ0v) is 53.5. The predicted molar refractivity (Wildman–Crippen MR) is 339 cm³/mol. The van der Waals surface area contributed by atoms with Crippen molar-refractivity contribution in [3.05, 3.63) is 72.9 Å². The Morgan fingerprint density at radius 1 is 0.456 bits per heavy atom. The second-order valence-electron chi connectivity index (χ2n) is 23.6. The van der Waals surface area contributed by atoms with Gasteiger partial charge in [0.15, 0.2) is 0 Å². The number of unbranched alkanes of at least 4 members (excludes halogenated alkanes) is 34. The van der Waals surface area contributed by atoms with Gasteiger partial charge in [0.25, 0.3) is 7.82 Å². The van der Waals surface area contributed by atoms with Crippen LogP contribution < -0.4 is 10.2 Å². The van der Waals surface area contributed by atoms with Crippen molar-refractivity contribution in [2.45, 2.75) is 315 Å². The van der Waals surface area contributed by atoms with E-state index in [1.165, 1.54) is 161 Å². The number of rotatable bonds is 60. The van der Waals surface area contributed by atoms with Gasteiger partial charge < -0.3 is 28.5 Å². The molecule has 0 heterocycles. The van der Waals surface area contributed by atoms with E-state index in [4.69, 9.17) is 13.8 Å². The Labute approximate surface area is 489 Å². The molecule has 0 saturated heterocycles. The largest absolute Gasteiger partial charge is 0.756 e. The minimum atomic E-state index is -4.71. The fourth-order valence-corrected chi connectivity index (χ4v) is 10.2. The Morgan fingerprint density at radius 2 is 0.810 bits per heavy atom. The van der Waals surface area contributed by atoms with Gasteiger partial charge in [0.05, 0.1) is 33.8 Å². The van der Waals surface area contributed by atoms with Gasteiger partial charge >= 0.3 is 5.97 Å². The third-order valence-electron chi connectivity index (χ3n) is 14.6. The SMILES string of the molecule is CC/C=C/C/C=C/C/C=C/CCCCCCCCC(=O)NC(COP(=O)([O-])OCC[N+](C)(C)C)C(/C=C\CCCCCCCCCCCC)OC(=O)CCCCCCCCCCCCCCCCC/C=C\C/C=C\CCCCC. The van der Waals surface area contributed by atoms with Gasteiger partial charge in [-0.15, -0.1) is 0 Å². The Morgan fingerprint density at radius 3 is 1.24 bits per heavy atom. The van der Waals surface area contributed by atoms with Crippen molar-refractivity contribution in [3.63, 3.8) is 0 Å². The van der Waals surface area contributed by atoms with Crippen LogP contribution in [0.3, 0.4) is 0 Å². The molecule has 0 aromatic carbocycles. The van der Waals surface area contributed by atoms with Crippen LogP contribution in [0.15, 0.2) is 72.9 Å². The second-order valence-corrected chi connectivity index (χ2v) is 25.0. The summed E-state index contributed by atoms with van der Waals surface area (Å²) in [6.45, 7) is 6.72. The van der Waals surface area contributed by atoms with E-state index in [1.807, 2.05) is 33.3 Å². The molecule has 10 heteroatoms. The van der Waals surface area contributed by atoms with Crippen LogP contribution in [0.25, 0.3) is 0 Å². The van der Waals surface area contributed by atoms with Crippen LogP contribution in [0.1, 0.15) is 303 Å². The first-order valence-electron chi connectivity index (χ1n) is 33.2. The summed E-state index contributed by atoms with van der Waals surface area (Å²) in [5.74, 6) is -0.550. The van der Waals surface area contributed by atoms with Crippen LogP contribution in [-0.2, 0) is 27.9 Å². The van der Waals surface area contributed by atoms with Gasteiger partial charge in [-0.05, 0) is 96.0 Å². The average Bonchev–Trinajstić information content (AvgIpc) is 3.41. The highest BCUT2D eigenvalue weighted by Gasteiger charge is 2.27. The third kappa shape index (κ3) is 59.9. The highest BCUT2D eigenvalue weighted by molar-refractivity contribution is 7.45. The summed E-state index contributed by atoms with van der Waals surface area (Å²) in [7, 11) is 1.18. The smallest absolute Gasteiger partial charge is 0.306 e. The number of carbonyl (C=O) groups excluding carboxylic acids is 2. The number of nitrogens with one attached hydrogen (secondary N) is 1. The third-order valence-corrected chi connectivity index (χ3v) is 15.6. The topological polar surface area (TPSA) is 114 Å². The van der Waals surface area contributed by atoms with E-state index in [9.17, 15) is 19.0 Å². The molecule has 3 atom stereocenters.